The molecule has 1 N–H and O–H groups in total. The number of rotatable bonds is 13. The van der Waals surface area contributed by atoms with Gasteiger partial charge in [-0.1, -0.05) is 35.2 Å². The van der Waals surface area contributed by atoms with Gasteiger partial charge in [0.1, 0.15) is 48.0 Å². The van der Waals surface area contributed by atoms with E-state index >= 15 is 0 Å². The second-order valence-electron chi connectivity index (χ2n) is 9.06. The van der Waals surface area contributed by atoms with Crippen molar-refractivity contribution in [1.82, 2.24) is 15.0 Å². The van der Waals surface area contributed by atoms with Crippen molar-refractivity contribution in [1.29, 1.82) is 0 Å². The number of hydrogen-bond donors (Lipinski definition) is 1. The number of nitrogens with zero attached hydrogens (tertiary/aromatic N) is 3. The summed E-state index contributed by atoms with van der Waals surface area (Å²) in [6.45, 7) is 4.03. The van der Waals surface area contributed by atoms with Crippen LogP contribution in [0.1, 0.15) is 35.5 Å². The van der Waals surface area contributed by atoms with Crippen molar-refractivity contribution in [2.45, 2.75) is 38.4 Å². The SMILES string of the molecule is COc1ccc(C(=O)/C=C/c2cccc(OCc3cn(CC(O)COC4=C(C)C(=O)SC4C)nn3)c2)c(OC)c1. The highest BCUT2D eigenvalue weighted by molar-refractivity contribution is 8.15. The van der Waals surface area contributed by atoms with E-state index in [4.69, 9.17) is 18.9 Å². The van der Waals surface area contributed by atoms with Crippen LogP contribution in [-0.2, 0) is 22.7 Å². The summed E-state index contributed by atoms with van der Waals surface area (Å²) in [5.41, 5.74) is 2.39. The molecule has 10 nitrogen and oxygen atoms in total. The summed E-state index contributed by atoms with van der Waals surface area (Å²) in [5.74, 6) is 2.05. The molecule has 0 amide bonds. The zero-order valence-corrected chi connectivity index (χ0v) is 23.5. The van der Waals surface area contributed by atoms with Gasteiger partial charge in [0.2, 0.25) is 5.12 Å². The number of ether oxygens (including phenoxy) is 4. The van der Waals surface area contributed by atoms with Crippen LogP contribution in [0.3, 0.4) is 0 Å². The molecular weight excluding hydrogens is 534 g/mol. The molecule has 2 unspecified atom stereocenters. The summed E-state index contributed by atoms with van der Waals surface area (Å²) in [6, 6.07) is 12.3. The Balaban J connectivity index is 1.29. The fourth-order valence-corrected chi connectivity index (χ4v) is 4.96. The average molecular weight is 566 g/mol. The van der Waals surface area contributed by atoms with E-state index in [1.807, 2.05) is 25.1 Å². The predicted molar refractivity (Wildman–Crippen MR) is 150 cm³/mol. The third kappa shape index (κ3) is 7.30. The number of benzene rings is 2. The molecule has 1 aliphatic rings. The van der Waals surface area contributed by atoms with Gasteiger partial charge in [0.15, 0.2) is 5.78 Å². The molecule has 0 saturated carbocycles. The minimum atomic E-state index is -0.826. The van der Waals surface area contributed by atoms with Crippen LogP contribution in [0.5, 0.6) is 17.2 Å². The molecule has 2 heterocycles. The fourth-order valence-electron chi connectivity index (χ4n) is 4.01. The highest BCUT2D eigenvalue weighted by Gasteiger charge is 2.29. The minimum absolute atomic E-state index is 0.00202. The second-order valence-corrected chi connectivity index (χ2v) is 10.4. The van der Waals surface area contributed by atoms with E-state index in [1.165, 1.54) is 29.6 Å². The molecule has 3 aromatic rings. The number of aliphatic hydroxyl groups excluding tert-OH is 1. The Hall–Kier alpha value is -4.09. The molecule has 1 aromatic heterocycles. The van der Waals surface area contributed by atoms with Crippen molar-refractivity contribution in [2.75, 3.05) is 20.8 Å². The number of aliphatic hydroxyl groups is 1. The van der Waals surface area contributed by atoms with E-state index in [-0.39, 0.29) is 35.9 Å². The summed E-state index contributed by atoms with van der Waals surface area (Å²) >= 11 is 1.22. The van der Waals surface area contributed by atoms with Gasteiger partial charge in [0.25, 0.3) is 0 Å². The van der Waals surface area contributed by atoms with Crippen LogP contribution in [0.2, 0.25) is 0 Å². The highest BCUT2D eigenvalue weighted by atomic mass is 32.2. The van der Waals surface area contributed by atoms with Gasteiger partial charge in [-0.05, 0) is 49.8 Å². The summed E-state index contributed by atoms with van der Waals surface area (Å²) in [6.07, 6.45) is 4.05. The molecule has 0 bridgehead atoms. The Morgan fingerprint density at radius 3 is 2.70 bits per heavy atom. The van der Waals surface area contributed by atoms with Crippen LogP contribution in [-0.4, -0.2) is 63.2 Å². The lowest BCUT2D eigenvalue weighted by Crippen LogP contribution is -2.23. The van der Waals surface area contributed by atoms with Gasteiger partial charge >= 0.3 is 0 Å². The van der Waals surface area contributed by atoms with Crippen molar-refractivity contribution < 1.29 is 33.6 Å². The normalized spacial score (nSPS) is 15.9. The first-order valence-electron chi connectivity index (χ1n) is 12.6. The Bertz CT molecular complexity index is 1430. The van der Waals surface area contributed by atoms with Crippen LogP contribution >= 0.6 is 11.8 Å². The van der Waals surface area contributed by atoms with Crippen LogP contribution in [0, 0.1) is 0 Å². The molecule has 11 heteroatoms. The molecule has 210 valence electrons. The summed E-state index contributed by atoms with van der Waals surface area (Å²) in [7, 11) is 3.06. The lowest BCUT2D eigenvalue weighted by Gasteiger charge is -2.15. The Kier molecular flexibility index (Phi) is 9.62. The first kappa shape index (κ1) is 28.9. The van der Waals surface area contributed by atoms with Crippen LogP contribution in [0.25, 0.3) is 6.08 Å². The number of hydrogen-bond acceptors (Lipinski definition) is 10. The van der Waals surface area contributed by atoms with Gasteiger partial charge in [-0.2, -0.15) is 0 Å². The van der Waals surface area contributed by atoms with E-state index in [9.17, 15) is 14.7 Å². The number of methoxy groups -OCH3 is 2. The van der Waals surface area contributed by atoms with Crippen LogP contribution < -0.4 is 14.2 Å². The number of carbonyl (C=O) groups excluding carboxylic acids is 2. The summed E-state index contributed by atoms with van der Waals surface area (Å²) in [5, 5.41) is 18.5. The molecule has 0 aliphatic carbocycles. The van der Waals surface area contributed by atoms with E-state index in [2.05, 4.69) is 10.3 Å². The maximum Gasteiger partial charge on any atom is 0.219 e. The summed E-state index contributed by atoms with van der Waals surface area (Å²) < 4.78 is 23.6. The first-order valence-corrected chi connectivity index (χ1v) is 13.4. The van der Waals surface area contributed by atoms with Crippen molar-refractivity contribution in [3.8, 4) is 17.2 Å². The highest BCUT2D eigenvalue weighted by Crippen LogP contribution is 2.34. The van der Waals surface area contributed by atoms with Gasteiger partial charge < -0.3 is 24.1 Å². The first-order chi connectivity index (χ1) is 19.3. The number of allylic oxidation sites excluding steroid dienone is 1. The average Bonchev–Trinajstić information content (AvgIpc) is 3.51. The minimum Gasteiger partial charge on any atom is -0.497 e. The van der Waals surface area contributed by atoms with E-state index < -0.39 is 6.10 Å². The number of thioether (sulfide) groups is 1. The molecule has 2 atom stereocenters. The lowest BCUT2D eigenvalue weighted by atomic mass is 10.1. The molecule has 40 heavy (non-hydrogen) atoms. The quantitative estimate of drug-likeness (QED) is 0.240. The van der Waals surface area contributed by atoms with Crippen molar-refractivity contribution >= 4 is 28.7 Å². The molecule has 0 radical (unpaired) electrons. The molecular formula is C29H31N3O7S. The molecule has 0 saturated heterocycles. The topological polar surface area (TPSA) is 122 Å². The van der Waals surface area contributed by atoms with Crippen LogP contribution in [0.4, 0.5) is 0 Å². The number of carbonyl (C=O) groups is 2. The van der Waals surface area contributed by atoms with E-state index in [0.29, 0.717) is 39.8 Å². The zero-order chi connectivity index (χ0) is 28.6. The van der Waals surface area contributed by atoms with Crippen molar-refractivity contribution in [2.24, 2.45) is 0 Å². The Labute approximate surface area is 236 Å². The maximum atomic E-state index is 12.7. The third-order valence-corrected chi connectivity index (χ3v) is 7.18. The van der Waals surface area contributed by atoms with Gasteiger partial charge in [-0.3, -0.25) is 9.59 Å². The number of aromatic nitrogens is 3. The molecule has 0 fully saturated rings. The molecule has 0 spiro atoms. The van der Waals surface area contributed by atoms with Gasteiger partial charge in [-0.25, -0.2) is 4.68 Å². The maximum absolute atomic E-state index is 12.7. The third-order valence-electron chi connectivity index (χ3n) is 6.09. The predicted octanol–water partition coefficient (Wildman–Crippen LogP) is 4.08. The van der Waals surface area contributed by atoms with E-state index in [1.54, 1.807) is 50.6 Å². The summed E-state index contributed by atoms with van der Waals surface area (Å²) in [4.78, 5) is 24.5. The van der Waals surface area contributed by atoms with Crippen molar-refractivity contribution in [3.63, 3.8) is 0 Å². The van der Waals surface area contributed by atoms with Gasteiger partial charge in [0.05, 0.1) is 37.8 Å². The molecule has 2 aromatic carbocycles. The monoisotopic (exact) mass is 565 g/mol. The Morgan fingerprint density at radius 2 is 1.98 bits per heavy atom. The van der Waals surface area contributed by atoms with Crippen LogP contribution in [0.15, 0.2) is 66.1 Å². The second kappa shape index (κ2) is 13.3. The lowest BCUT2D eigenvalue weighted by molar-refractivity contribution is -0.107. The van der Waals surface area contributed by atoms with E-state index in [0.717, 1.165) is 5.56 Å². The number of ketones is 1. The van der Waals surface area contributed by atoms with Crippen molar-refractivity contribution in [3.05, 3.63) is 82.9 Å². The Morgan fingerprint density at radius 1 is 1.15 bits per heavy atom. The molecule has 1 aliphatic heterocycles. The van der Waals surface area contributed by atoms with Gasteiger partial charge in [-0.15, -0.1) is 5.10 Å². The van der Waals surface area contributed by atoms with Gasteiger partial charge in [0, 0.05) is 11.6 Å². The largest absolute Gasteiger partial charge is 0.497 e. The smallest absolute Gasteiger partial charge is 0.219 e. The molecule has 4 rings (SSSR count). The zero-order valence-electron chi connectivity index (χ0n) is 22.7. The standard InChI is InChI=1S/C29H31N3O7S/c1-18-28(19(2)40-29(18)35)39-17-22(33)15-32-14-21(30-31-32)16-38-24-7-5-6-20(12-24)8-11-26(34)25-10-9-23(36-3)13-27(25)37-4/h5-14,19,22,33H,15-17H2,1-4H3/b11-8+. The fraction of sp³-hybridized carbons (Fsp3) is 0.310.